The van der Waals surface area contributed by atoms with E-state index in [2.05, 4.69) is 208 Å². The Kier molecular flexibility index (Phi) is 12.3. The van der Waals surface area contributed by atoms with Gasteiger partial charge < -0.3 is 4.74 Å². The van der Waals surface area contributed by atoms with E-state index in [0.717, 1.165) is 118 Å². The summed E-state index contributed by atoms with van der Waals surface area (Å²) in [6.45, 7) is 18.9. The Morgan fingerprint density at radius 1 is 0.536 bits per heavy atom. The molecule has 0 saturated carbocycles. The van der Waals surface area contributed by atoms with Crippen molar-refractivity contribution in [3.05, 3.63) is 229 Å². The average molecular weight is 893 g/mol. The van der Waals surface area contributed by atoms with Crippen LogP contribution in [0.5, 0.6) is 11.5 Å². The third-order valence-electron chi connectivity index (χ3n) is 12.6. The molecule has 1 aliphatic rings. The molecule has 1 aliphatic heterocycles. The maximum Gasteiger partial charge on any atom is 0.238 e. The molecule has 0 bridgehead atoms. The number of hydrogen-bond acceptors (Lipinski definition) is 4. The van der Waals surface area contributed by atoms with Crippen LogP contribution in [-0.4, -0.2) is 19.5 Å². The van der Waals surface area contributed by atoms with Crippen LogP contribution in [0.4, 0.5) is 0 Å². The van der Waals surface area contributed by atoms with Crippen LogP contribution in [0.25, 0.3) is 108 Å². The number of nitrogens with zero attached hydrogens (tertiary/aromatic N) is 4. The van der Waals surface area contributed by atoms with E-state index < -0.39 is 0 Å². The van der Waals surface area contributed by atoms with Crippen LogP contribution in [0, 0.1) is 0 Å². The lowest BCUT2D eigenvalue weighted by atomic mass is 9.91. The van der Waals surface area contributed by atoms with Crippen LogP contribution in [0.2, 0.25) is 0 Å². The Hall–Kier alpha value is -8.67. The predicted molar refractivity (Wildman–Crippen MR) is 292 cm³/mol. The van der Waals surface area contributed by atoms with E-state index in [1.807, 2.05) is 37.3 Å². The Morgan fingerprint density at radius 3 is 1.68 bits per heavy atom. The van der Waals surface area contributed by atoms with Crippen molar-refractivity contribution in [2.45, 2.75) is 33.6 Å². The van der Waals surface area contributed by atoms with Crippen molar-refractivity contribution in [3.8, 4) is 73.6 Å². The van der Waals surface area contributed by atoms with Gasteiger partial charge in [-0.3, -0.25) is 4.57 Å². The van der Waals surface area contributed by atoms with Gasteiger partial charge in [0.15, 0.2) is 11.6 Å². The van der Waals surface area contributed by atoms with Crippen molar-refractivity contribution in [1.82, 2.24) is 19.5 Å². The normalized spacial score (nSPS) is 11.6. The zero-order chi connectivity index (χ0) is 47.4. The molecule has 0 spiro atoms. The van der Waals surface area contributed by atoms with Crippen molar-refractivity contribution < 1.29 is 4.74 Å². The monoisotopic (exact) mass is 892 g/mol. The zero-order valence-corrected chi connectivity index (χ0v) is 39.3. The topological polar surface area (TPSA) is 52.8 Å². The Balaban J connectivity index is 0.00000180. The van der Waals surface area contributed by atoms with Crippen LogP contribution in [0.15, 0.2) is 196 Å². The number of fused-ring (bicyclic) bond motifs is 5. The van der Waals surface area contributed by atoms with Gasteiger partial charge in [-0.05, 0) is 80.8 Å². The van der Waals surface area contributed by atoms with E-state index in [1.54, 1.807) is 0 Å². The number of hydrogen-bond donors (Lipinski definition) is 0. The molecule has 69 heavy (non-hydrogen) atoms. The third kappa shape index (κ3) is 8.29. The van der Waals surface area contributed by atoms with E-state index in [-0.39, 0.29) is 0 Å². The number of benzene rings is 8. The van der Waals surface area contributed by atoms with E-state index in [0.29, 0.717) is 17.6 Å². The highest BCUT2D eigenvalue weighted by atomic mass is 16.5. The fourth-order valence-corrected chi connectivity index (χ4v) is 9.43. The van der Waals surface area contributed by atoms with Gasteiger partial charge in [0.2, 0.25) is 5.95 Å². The van der Waals surface area contributed by atoms with Crippen LogP contribution in [0.1, 0.15) is 60.6 Å². The van der Waals surface area contributed by atoms with Gasteiger partial charge >= 0.3 is 0 Å². The van der Waals surface area contributed by atoms with E-state index in [1.165, 1.54) is 6.42 Å². The standard InChI is InChI=1S/C61H44N4O.C3H8/c1-5-16-44-34-36-55-53(49(44)7-3)37-48-32-31-47(38-56(48)66-55)51-21-15-22-52-57-50(8-4)39(6-2)33-35-54(57)65(58(51)52)61-63-59(45-27-23-42(24-28-45)40-17-11-9-12-18-40)62-60(64-61)46-29-25-43(26-30-46)41-19-13-10-14-20-41;1-3-2/h5-36,38H,2-4,37H2,1H3;3H2,1-2H3/b16-5-;. The molecule has 0 saturated heterocycles. The van der Waals surface area contributed by atoms with Gasteiger partial charge in [0.1, 0.15) is 11.5 Å². The van der Waals surface area contributed by atoms with Crippen LogP contribution in [0.3, 0.4) is 0 Å². The minimum absolute atomic E-state index is 0.500. The van der Waals surface area contributed by atoms with Crippen LogP contribution in [-0.2, 0) is 6.42 Å². The highest BCUT2D eigenvalue weighted by Crippen LogP contribution is 2.45. The summed E-state index contributed by atoms with van der Waals surface area (Å²) in [4.78, 5) is 15.9. The summed E-state index contributed by atoms with van der Waals surface area (Å²) in [5.41, 5.74) is 16.7. The fourth-order valence-electron chi connectivity index (χ4n) is 9.43. The first-order chi connectivity index (χ1) is 33.9. The van der Waals surface area contributed by atoms with Gasteiger partial charge in [-0.25, -0.2) is 4.98 Å². The molecule has 334 valence electrons. The summed E-state index contributed by atoms with van der Waals surface area (Å²) in [6, 6.07) is 59.1. The smallest absolute Gasteiger partial charge is 0.238 e. The molecule has 2 aromatic heterocycles. The van der Waals surface area contributed by atoms with Crippen LogP contribution < -0.4 is 4.74 Å². The van der Waals surface area contributed by atoms with Gasteiger partial charge in [0.05, 0.1) is 11.0 Å². The van der Waals surface area contributed by atoms with E-state index >= 15 is 0 Å². The first-order valence-electron chi connectivity index (χ1n) is 23.6. The minimum atomic E-state index is 0.500. The Bertz CT molecular complexity index is 3480. The highest BCUT2D eigenvalue weighted by Gasteiger charge is 2.25. The van der Waals surface area contributed by atoms with Gasteiger partial charge in [-0.2, -0.15) is 9.97 Å². The summed E-state index contributed by atoms with van der Waals surface area (Å²) in [5, 5.41) is 2.08. The second-order valence-electron chi connectivity index (χ2n) is 17.1. The maximum absolute atomic E-state index is 6.73. The van der Waals surface area contributed by atoms with Gasteiger partial charge in [-0.1, -0.05) is 222 Å². The van der Waals surface area contributed by atoms with Crippen molar-refractivity contribution >= 4 is 46.1 Å². The van der Waals surface area contributed by atoms with E-state index in [4.69, 9.17) is 19.7 Å². The third-order valence-corrected chi connectivity index (χ3v) is 12.6. The molecule has 0 atom stereocenters. The summed E-state index contributed by atoms with van der Waals surface area (Å²) in [6.07, 6.45) is 11.9. The fraction of sp³-hybridized carbons (Fsp3) is 0.0781. The lowest BCUT2D eigenvalue weighted by molar-refractivity contribution is 0.460. The number of ether oxygens (including phenoxy) is 1. The summed E-state index contributed by atoms with van der Waals surface area (Å²) in [5.74, 6) is 3.31. The summed E-state index contributed by atoms with van der Waals surface area (Å²) < 4.78 is 8.93. The lowest BCUT2D eigenvalue weighted by Gasteiger charge is -2.24. The Labute approximate surface area is 404 Å². The molecule has 0 amide bonds. The molecule has 0 aliphatic carbocycles. The number of para-hydroxylation sites is 1. The molecule has 11 rings (SSSR count). The van der Waals surface area contributed by atoms with Crippen molar-refractivity contribution in [2.75, 3.05) is 0 Å². The molecule has 5 heteroatoms. The highest BCUT2D eigenvalue weighted by molar-refractivity contribution is 6.17. The molecule has 3 heterocycles. The minimum Gasteiger partial charge on any atom is -0.457 e. The summed E-state index contributed by atoms with van der Waals surface area (Å²) in [7, 11) is 0. The summed E-state index contributed by atoms with van der Waals surface area (Å²) >= 11 is 0. The molecule has 10 aromatic rings. The molecule has 0 radical (unpaired) electrons. The number of allylic oxidation sites excluding steroid dienone is 1. The molecule has 5 nitrogen and oxygen atoms in total. The number of aromatic nitrogens is 4. The Morgan fingerprint density at radius 2 is 1.10 bits per heavy atom. The largest absolute Gasteiger partial charge is 0.457 e. The lowest BCUT2D eigenvalue weighted by Crippen LogP contribution is -2.07. The molecular formula is C64H52N4O. The quantitative estimate of drug-likeness (QED) is 0.137. The van der Waals surface area contributed by atoms with Gasteiger partial charge in [0.25, 0.3) is 0 Å². The number of rotatable bonds is 10. The SMILES string of the molecule is C=Cc1ccc2c(c1C=C)c1cccc(-c3ccc4c(c3)Oc3ccc(/C=C\C)c(C=C)c3C4)c1n2-c1nc(-c2ccc(-c3ccccc3)cc2)nc(-c2ccc(-c3ccccc3)cc2)n1.CCC. The van der Waals surface area contributed by atoms with Gasteiger partial charge in [0, 0.05) is 39.4 Å². The average Bonchev–Trinajstić information content (AvgIpc) is 3.75. The first-order valence-corrected chi connectivity index (χ1v) is 23.6. The van der Waals surface area contributed by atoms with Crippen LogP contribution >= 0.6 is 0 Å². The van der Waals surface area contributed by atoms with Gasteiger partial charge in [-0.15, -0.1) is 0 Å². The molecule has 8 aromatic carbocycles. The van der Waals surface area contributed by atoms with Crippen molar-refractivity contribution in [2.24, 2.45) is 0 Å². The van der Waals surface area contributed by atoms with Crippen molar-refractivity contribution in [1.29, 1.82) is 0 Å². The predicted octanol–water partition coefficient (Wildman–Crippen LogP) is 17.4. The first kappa shape index (κ1) is 44.2. The van der Waals surface area contributed by atoms with E-state index in [9.17, 15) is 0 Å². The molecule has 0 N–H and O–H groups in total. The van der Waals surface area contributed by atoms with Crippen molar-refractivity contribution in [3.63, 3.8) is 0 Å². The zero-order valence-electron chi connectivity index (χ0n) is 39.3. The maximum atomic E-state index is 6.73. The second-order valence-corrected chi connectivity index (χ2v) is 17.1. The molecule has 0 unspecified atom stereocenters. The molecule has 0 fully saturated rings. The second kappa shape index (κ2) is 19.3. The molecular weight excluding hydrogens is 841 g/mol.